The summed E-state index contributed by atoms with van der Waals surface area (Å²) in [7, 11) is -0.270. The van der Waals surface area contributed by atoms with Crippen LogP contribution in [0.4, 0.5) is 0 Å². The van der Waals surface area contributed by atoms with Gasteiger partial charge in [0, 0.05) is 13.5 Å². The normalized spacial score (nSPS) is 24.7. The van der Waals surface area contributed by atoms with Crippen molar-refractivity contribution < 1.29 is 14.3 Å². The molecule has 5 nitrogen and oxygen atoms in total. The number of carbonyl (C=O) groups excluding carboxylic acids is 1. The molecule has 112 valence electrons. The summed E-state index contributed by atoms with van der Waals surface area (Å²) in [4.78, 5) is 11.6. The second kappa shape index (κ2) is 5.52. The van der Waals surface area contributed by atoms with Crippen LogP contribution in [0.5, 0.6) is 0 Å². The molecule has 1 aliphatic rings. The van der Waals surface area contributed by atoms with E-state index < -0.39 is 14.4 Å². The Hall–Kier alpha value is -0.433. The lowest BCUT2D eigenvalue weighted by atomic mass is 10.1. The van der Waals surface area contributed by atoms with Crippen molar-refractivity contribution in [1.82, 2.24) is 10.4 Å². The minimum absolute atomic E-state index is 0.0366. The predicted molar refractivity (Wildman–Crippen MR) is 78.1 cm³/mol. The van der Waals surface area contributed by atoms with Gasteiger partial charge in [0.1, 0.15) is 0 Å². The number of aliphatic hydroxyl groups excluding tert-OH is 1. The molecule has 0 aromatic heterocycles. The molecule has 3 atom stereocenters. The van der Waals surface area contributed by atoms with E-state index in [9.17, 15) is 9.90 Å². The second-order valence-corrected chi connectivity index (χ2v) is 11.7. The van der Waals surface area contributed by atoms with Gasteiger partial charge >= 0.3 is 0 Å². The Morgan fingerprint density at radius 2 is 2.00 bits per heavy atom. The fourth-order valence-corrected chi connectivity index (χ4v) is 3.31. The quantitative estimate of drug-likeness (QED) is 0.770. The Bertz CT molecular complexity index is 339. The first-order valence-corrected chi connectivity index (χ1v) is 9.75. The number of nitrogens with one attached hydrogen (secondary N) is 1. The number of amides is 1. The topological polar surface area (TPSA) is 61.8 Å². The van der Waals surface area contributed by atoms with Crippen LogP contribution >= 0.6 is 0 Å². The van der Waals surface area contributed by atoms with Crippen LogP contribution < -0.4 is 5.43 Å². The van der Waals surface area contributed by atoms with Crippen molar-refractivity contribution in [2.24, 2.45) is 0 Å². The predicted octanol–water partition coefficient (Wildman–Crippen LogP) is 1.49. The Morgan fingerprint density at radius 3 is 2.32 bits per heavy atom. The molecule has 0 unspecified atom stereocenters. The zero-order valence-corrected chi connectivity index (χ0v) is 14.2. The number of rotatable bonds is 4. The highest BCUT2D eigenvalue weighted by molar-refractivity contribution is 6.74. The van der Waals surface area contributed by atoms with Gasteiger partial charge in [-0.05, 0) is 25.1 Å². The highest BCUT2D eigenvalue weighted by Gasteiger charge is 2.44. The van der Waals surface area contributed by atoms with Crippen molar-refractivity contribution >= 4 is 14.2 Å². The van der Waals surface area contributed by atoms with Gasteiger partial charge in [-0.1, -0.05) is 20.8 Å². The summed E-state index contributed by atoms with van der Waals surface area (Å²) in [5, 5.41) is 11.6. The van der Waals surface area contributed by atoms with Crippen LogP contribution in [0.2, 0.25) is 18.1 Å². The van der Waals surface area contributed by atoms with Gasteiger partial charge in [0.05, 0.1) is 18.2 Å². The monoisotopic (exact) mass is 288 g/mol. The summed E-state index contributed by atoms with van der Waals surface area (Å²) in [5.41, 5.74) is 3.08. The maximum atomic E-state index is 11.6. The summed E-state index contributed by atoms with van der Waals surface area (Å²) in [5.74, 6) is 0.0366. The van der Waals surface area contributed by atoms with Gasteiger partial charge in [-0.25, -0.2) is 5.43 Å². The SMILES string of the molecule is C[C@H](O)[C@H](O[Si](C)(C)C(C)(C)C)[C@@H]1CC(=O)N(C)N1. The number of nitrogens with zero attached hydrogens (tertiary/aromatic N) is 1. The molecule has 0 aliphatic carbocycles. The van der Waals surface area contributed by atoms with E-state index in [0.717, 1.165) is 0 Å². The molecule has 19 heavy (non-hydrogen) atoms. The summed E-state index contributed by atoms with van der Waals surface area (Å²) in [6.45, 7) is 12.5. The van der Waals surface area contributed by atoms with E-state index in [-0.39, 0.29) is 23.1 Å². The fraction of sp³-hybridized carbons (Fsp3) is 0.923. The molecule has 1 aliphatic heterocycles. The zero-order valence-electron chi connectivity index (χ0n) is 13.2. The van der Waals surface area contributed by atoms with Crippen molar-refractivity contribution in [2.75, 3.05) is 7.05 Å². The van der Waals surface area contributed by atoms with Gasteiger partial charge in [0.25, 0.3) is 0 Å². The molecule has 0 saturated carbocycles. The smallest absolute Gasteiger partial charge is 0.238 e. The van der Waals surface area contributed by atoms with E-state index >= 15 is 0 Å². The van der Waals surface area contributed by atoms with Crippen LogP contribution in [0.3, 0.4) is 0 Å². The van der Waals surface area contributed by atoms with Gasteiger partial charge in [0.2, 0.25) is 5.91 Å². The van der Waals surface area contributed by atoms with Gasteiger partial charge < -0.3 is 9.53 Å². The van der Waals surface area contributed by atoms with E-state index in [0.29, 0.717) is 6.42 Å². The van der Waals surface area contributed by atoms with Gasteiger partial charge in [0.15, 0.2) is 8.32 Å². The first kappa shape index (κ1) is 16.6. The summed E-state index contributed by atoms with van der Waals surface area (Å²) in [6, 6.07) is -0.147. The van der Waals surface area contributed by atoms with Crippen molar-refractivity contribution in [3.8, 4) is 0 Å². The van der Waals surface area contributed by atoms with Crippen molar-refractivity contribution in [2.45, 2.75) is 70.5 Å². The third kappa shape index (κ3) is 3.78. The Morgan fingerprint density at radius 1 is 1.47 bits per heavy atom. The molecule has 6 heteroatoms. The van der Waals surface area contributed by atoms with Crippen LogP contribution in [0.15, 0.2) is 0 Å². The first-order chi connectivity index (χ1) is 8.45. The van der Waals surface area contributed by atoms with Crippen molar-refractivity contribution in [3.63, 3.8) is 0 Å². The Balaban J connectivity index is 2.83. The van der Waals surface area contributed by atoms with Gasteiger partial charge in [-0.2, -0.15) is 0 Å². The molecule has 0 radical (unpaired) electrons. The molecule has 2 N–H and O–H groups in total. The maximum absolute atomic E-state index is 11.6. The number of carbonyl (C=O) groups is 1. The van der Waals surface area contributed by atoms with E-state index in [4.69, 9.17) is 4.43 Å². The van der Waals surface area contributed by atoms with Crippen molar-refractivity contribution in [3.05, 3.63) is 0 Å². The molecular weight excluding hydrogens is 260 g/mol. The van der Waals surface area contributed by atoms with Crippen LogP contribution in [-0.4, -0.2) is 49.6 Å². The molecule has 1 fully saturated rings. The minimum atomic E-state index is -1.97. The second-order valence-electron chi connectivity index (χ2n) is 6.98. The zero-order chi connectivity index (χ0) is 15.0. The average molecular weight is 288 g/mol. The molecule has 0 spiro atoms. The van der Waals surface area contributed by atoms with E-state index in [1.807, 2.05) is 0 Å². The van der Waals surface area contributed by atoms with Crippen LogP contribution in [-0.2, 0) is 9.22 Å². The van der Waals surface area contributed by atoms with Crippen molar-refractivity contribution in [1.29, 1.82) is 0 Å². The summed E-state index contributed by atoms with van der Waals surface area (Å²) >= 11 is 0. The molecule has 0 aromatic rings. The highest BCUT2D eigenvalue weighted by atomic mass is 28.4. The fourth-order valence-electron chi connectivity index (χ4n) is 1.91. The molecular formula is C13H28N2O3Si. The molecule has 0 bridgehead atoms. The van der Waals surface area contributed by atoms with E-state index in [1.54, 1.807) is 14.0 Å². The maximum Gasteiger partial charge on any atom is 0.238 e. The lowest BCUT2D eigenvalue weighted by Gasteiger charge is -2.41. The van der Waals surface area contributed by atoms with Gasteiger partial charge in [-0.15, -0.1) is 0 Å². The standard InChI is InChI=1S/C13H28N2O3Si/c1-9(16)12(10-8-11(17)15(5)14-10)18-19(6,7)13(2,3)4/h9-10,12,14,16H,8H2,1-7H3/t9-,10-,12-/m0/s1. The molecule has 1 amide bonds. The van der Waals surface area contributed by atoms with Crippen LogP contribution in [0, 0.1) is 0 Å². The number of hydrogen-bond acceptors (Lipinski definition) is 4. The van der Waals surface area contributed by atoms with E-state index in [2.05, 4.69) is 39.3 Å². The number of hydrogen-bond donors (Lipinski definition) is 2. The number of aliphatic hydroxyl groups is 1. The first-order valence-electron chi connectivity index (χ1n) is 6.84. The highest BCUT2D eigenvalue weighted by Crippen LogP contribution is 2.38. The third-order valence-corrected chi connectivity index (χ3v) is 8.71. The Kier molecular flexibility index (Phi) is 4.82. The number of hydrazine groups is 1. The summed E-state index contributed by atoms with van der Waals surface area (Å²) < 4.78 is 6.29. The van der Waals surface area contributed by atoms with Gasteiger partial charge in [-0.3, -0.25) is 9.80 Å². The lowest BCUT2D eigenvalue weighted by Crippen LogP contribution is -2.53. The molecule has 0 aromatic carbocycles. The van der Waals surface area contributed by atoms with Crippen LogP contribution in [0.1, 0.15) is 34.1 Å². The molecule has 1 heterocycles. The third-order valence-electron chi connectivity index (χ3n) is 4.24. The van der Waals surface area contributed by atoms with E-state index in [1.165, 1.54) is 5.01 Å². The largest absolute Gasteiger partial charge is 0.410 e. The lowest BCUT2D eigenvalue weighted by molar-refractivity contribution is -0.128. The average Bonchev–Trinajstić information content (AvgIpc) is 2.53. The minimum Gasteiger partial charge on any atom is -0.410 e. The summed E-state index contributed by atoms with van der Waals surface area (Å²) in [6.07, 6.45) is -0.582. The Labute approximate surface area is 117 Å². The van der Waals surface area contributed by atoms with Crippen LogP contribution in [0.25, 0.3) is 0 Å². The molecule has 1 saturated heterocycles. The molecule has 1 rings (SSSR count).